The zero-order chi connectivity index (χ0) is 19.9. The summed E-state index contributed by atoms with van der Waals surface area (Å²) in [6, 6.07) is 18.3. The normalized spacial score (nSPS) is 18.5. The van der Waals surface area contributed by atoms with E-state index in [2.05, 4.69) is 0 Å². The lowest BCUT2D eigenvalue weighted by atomic mass is 10.1. The molecule has 0 aliphatic carbocycles. The van der Waals surface area contributed by atoms with Crippen molar-refractivity contribution in [2.45, 2.75) is 21.5 Å². The maximum atomic E-state index is 13.2. The molecule has 5 nitrogen and oxygen atoms in total. The molecule has 4 rings (SSSR count). The number of hydrogen-bond acceptors (Lipinski definition) is 4. The summed E-state index contributed by atoms with van der Waals surface area (Å²) in [6.07, 6.45) is 0.259. The highest BCUT2D eigenvalue weighted by Crippen LogP contribution is 2.31. The largest absolute Gasteiger partial charge is 0.243 e. The average molecular weight is 436 g/mol. The van der Waals surface area contributed by atoms with Crippen LogP contribution in [0, 0.1) is 0 Å². The lowest BCUT2D eigenvalue weighted by Crippen LogP contribution is -2.32. The lowest BCUT2D eigenvalue weighted by Gasteiger charge is -2.18. The Bertz CT molecular complexity index is 1230. The molecule has 0 aromatic heterocycles. The number of sulfonamides is 1. The number of fused-ring (bicyclic) bond motifs is 1. The smallest absolute Gasteiger partial charge is 0.223 e. The second-order valence-corrected chi connectivity index (χ2v) is 11.3. The quantitative estimate of drug-likeness (QED) is 0.626. The van der Waals surface area contributed by atoms with E-state index in [0.717, 1.165) is 5.39 Å². The predicted molar refractivity (Wildman–Crippen MR) is 110 cm³/mol. The summed E-state index contributed by atoms with van der Waals surface area (Å²) in [5.41, 5.74) is 0. The van der Waals surface area contributed by atoms with Gasteiger partial charge in [-0.25, -0.2) is 16.8 Å². The second kappa shape index (κ2) is 7.15. The van der Waals surface area contributed by atoms with E-state index in [1.807, 2.05) is 18.2 Å². The fraction of sp³-hybridized carbons (Fsp3) is 0.200. The first kappa shape index (κ1) is 19.4. The van der Waals surface area contributed by atoms with Gasteiger partial charge in [-0.3, -0.25) is 0 Å². The van der Waals surface area contributed by atoms with Gasteiger partial charge in [-0.05, 0) is 42.1 Å². The van der Waals surface area contributed by atoms with Crippen molar-refractivity contribution < 1.29 is 16.8 Å². The monoisotopic (exact) mass is 435 g/mol. The maximum Gasteiger partial charge on any atom is 0.243 e. The van der Waals surface area contributed by atoms with Gasteiger partial charge in [0.2, 0.25) is 10.0 Å². The van der Waals surface area contributed by atoms with Crippen molar-refractivity contribution in [3.05, 3.63) is 71.8 Å². The van der Waals surface area contributed by atoms with Crippen LogP contribution in [0.3, 0.4) is 0 Å². The summed E-state index contributed by atoms with van der Waals surface area (Å²) < 4.78 is 53.5. The number of benzene rings is 3. The minimum absolute atomic E-state index is 0.0590. The molecule has 28 heavy (non-hydrogen) atoms. The van der Waals surface area contributed by atoms with Crippen LogP contribution in [0.1, 0.15) is 6.42 Å². The Labute approximate surface area is 169 Å². The van der Waals surface area contributed by atoms with E-state index in [0.29, 0.717) is 10.4 Å². The maximum absolute atomic E-state index is 13.2. The first-order valence-electron chi connectivity index (χ1n) is 8.77. The van der Waals surface area contributed by atoms with Crippen LogP contribution in [0.25, 0.3) is 10.8 Å². The van der Waals surface area contributed by atoms with Crippen LogP contribution >= 0.6 is 11.6 Å². The van der Waals surface area contributed by atoms with Crippen molar-refractivity contribution in [3.63, 3.8) is 0 Å². The molecule has 1 atom stereocenters. The third-order valence-electron chi connectivity index (χ3n) is 5.06. The first-order valence-corrected chi connectivity index (χ1v) is 12.1. The van der Waals surface area contributed by atoms with Crippen LogP contribution < -0.4 is 0 Å². The molecule has 0 unspecified atom stereocenters. The lowest BCUT2D eigenvalue weighted by molar-refractivity contribution is 0.477. The van der Waals surface area contributed by atoms with Crippen molar-refractivity contribution in [1.29, 1.82) is 0 Å². The molecule has 3 aromatic carbocycles. The number of hydrogen-bond donors (Lipinski definition) is 0. The van der Waals surface area contributed by atoms with Gasteiger partial charge in [-0.15, -0.1) is 0 Å². The summed E-state index contributed by atoms with van der Waals surface area (Å²) >= 11 is 5.84. The Morgan fingerprint density at radius 1 is 0.857 bits per heavy atom. The molecule has 1 aliphatic rings. The summed E-state index contributed by atoms with van der Waals surface area (Å²) in [6.45, 7) is 0.111. The third kappa shape index (κ3) is 3.33. The third-order valence-corrected chi connectivity index (χ3v) is 9.42. The van der Waals surface area contributed by atoms with Crippen LogP contribution in [-0.4, -0.2) is 39.5 Å². The highest BCUT2D eigenvalue weighted by Gasteiger charge is 2.39. The molecule has 3 aromatic rings. The number of rotatable bonds is 4. The van der Waals surface area contributed by atoms with Gasteiger partial charge in [0, 0.05) is 23.5 Å². The average Bonchev–Trinajstić information content (AvgIpc) is 3.20. The van der Waals surface area contributed by atoms with Crippen LogP contribution in [0.5, 0.6) is 0 Å². The molecule has 0 saturated carbocycles. The van der Waals surface area contributed by atoms with Crippen LogP contribution in [-0.2, 0) is 19.9 Å². The summed E-state index contributed by atoms with van der Waals surface area (Å²) in [5.74, 6) is 0. The van der Waals surface area contributed by atoms with Crippen molar-refractivity contribution in [3.8, 4) is 0 Å². The van der Waals surface area contributed by atoms with Crippen molar-refractivity contribution in [2.24, 2.45) is 0 Å². The summed E-state index contributed by atoms with van der Waals surface area (Å²) in [7, 11) is -7.44. The van der Waals surface area contributed by atoms with Crippen LogP contribution in [0.15, 0.2) is 76.5 Å². The Morgan fingerprint density at radius 3 is 2.29 bits per heavy atom. The number of halogens is 1. The zero-order valence-electron chi connectivity index (χ0n) is 14.8. The van der Waals surface area contributed by atoms with Crippen molar-refractivity contribution in [2.75, 3.05) is 13.1 Å². The second-order valence-electron chi connectivity index (χ2n) is 6.75. The molecular weight excluding hydrogens is 418 g/mol. The molecule has 1 fully saturated rings. The first-order chi connectivity index (χ1) is 13.3. The molecule has 0 N–H and O–H groups in total. The highest BCUT2D eigenvalue weighted by atomic mass is 35.5. The molecule has 0 bridgehead atoms. The number of nitrogens with zero attached hydrogens (tertiary/aromatic N) is 1. The minimum atomic E-state index is -3.80. The van der Waals surface area contributed by atoms with E-state index in [1.54, 1.807) is 24.3 Å². The summed E-state index contributed by atoms with van der Waals surface area (Å²) in [4.78, 5) is 0.362. The van der Waals surface area contributed by atoms with E-state index < -0.39 is 25.1 Å². The molecule has 8 heteroatoms. The molecule has 146 valence electrons. The molecular formula is C20H18ClNO4S2. The van der Waals surface area contributed by atoms with Gasteiger partial charge in [0.05, 0.1) is 15.0 Å². The summed E-state index contributed by atoms with van der Waals surface area (Å²) in [5, 5.41) is 1.13. The van der Waals surface area contributed by atoms with E-state index in [9.17, 15) is 16.8 Å². The van der Waals surface area contributed by atoms with Gasteiger partial charge in [0.15, 0.2) is 9.84 Å². The topological polar surface area (TPSA) is 71.5 Å². The van der Waals surface area contributed by atoms with E-state index in [1.165, 1.54) is 28.6 Å². The Kier molecular flexibility index (Phi) is 4.95. The molecule has 1 aliphatic heterocycles. The van der Waals surface area contributed by atoms with Gasteiger partial charge in [-0.2, -0.15) is 4.31 Å². The minimum Gasteiger partial charge on any atom is -0.223 e. The Hall–Kier alpha value is -1.93. The van der Waals surface area contributed by atoms with Gasteiger partial charge >= 0.3 is 0 Å². The molecule has 0 spiro atoms. The van der Waals surface area contributed by atoms with Crippen LogP contribution in [0.2, 0.25) is 5.02 Å². The van der Waals surface area contributed by atoms with Gasteiger partial charge < -0.3 is 0 Å². The van der Waals surface area contributed by atoms with E-state index in [4.69, 9.17) is 11.6 Å². The Balaban J connectivity index is 1.65. The van der Waals surface area contributed by atoms with Crippen molar-refractivity contribution >= 4 is 42.2 Å². The molecule has 0 radical (unpaired) electrons. The standard InChI is InChI=1S/C20H18ClNO4S2/c21-16-8-10-17(11-9-16)27(23,24)18-12-13-22(14-18)28(25,26)20-7-3-5-15-4-1-2-6-19(15)20/h1-11,18H,12-14H2/t18-/m0/s1. The van der Waals surface area contributed by atoms with Gasteiger partial charge in [-0.1, -0.05) is 48.0 Å². The van der Waals surface area contributed by atoms with E-state index >= 15 is 0 Å². The SMILES string of the molecule is O=S(=O)(c1ccc(Cl)cc1)[C@H]1CCN(S(=O)(=O)c2cccc3ccccc23)C1. The highest BCUT2D eigenvalue weighted by molar-refractivity contribution is 7.92. The predicted octanol–water partition coefficient (Wildman–Crippen LogP) is 3.73. The molecule has 0 amide bonds. The number of sulfone groups is 1. The zero-order valence-corrected chi connectivity index (χ0v) is 17.2. The fourth-order valence-electron chi connectivity index (χ4n) is 3.55. The van der Waals surface area contributed by atoms with Gasteiger partial charge in [0.25, 0.3) is 0 Å². The molecule has 1 saturated heterocycles. The van der Waals surface area contributed by atoms with E-state index in [-0.39, 0.29) is 29.3 Å². The van der Waals surface area contributed by atoms with Gasteiger partial charge in [0.1, 0.15) is 0 Å². The molecule has 1 heterocycles. The Morgan fingerprint density at radius 2 is 1.54 bits per heavy atom. The van der Waals surface area contributed by atoms with Crippen LogP contribution in [0.4, 0.5) is 0 Å². The van der Waals surface area contributed by atoms with Crippen molar-refractivity contribution in [1.82, 2.24) is 4.31 Å². The fourth-order valence-corrected chi connectivity index (χ4v) is 7.17.